The molecule has 0 spiro atoms. The topological polar surface area (TPSA) is 71.1 Å². The van der Waals surface area contributed by atoms with Crippen molar-refractivity contribution in [3.8, 4) is 5.75 Å². The fourth-order valence-electron chi connectivity index (χ4n) is 2.54. The van der Waals surface area contributed by atoms with Crippen LogP contribution in [0.2, 0.25) is 0 Å². The Morgan fingerprint density at radius 3 is 1.78 bits per heavy atom. The zero-order chi connectivity index (χ0) is 21.2. The standard InChI is InChI=1S/C21H32O6/c1-12-13(2)15(11-24-10)16(18(22)26-20(4,5)6)17(14(12)3)25-19(23)27-21(7,8)9/h11H2,1-10H3. The lowest BCUT2D eigenvalue weighted by molar-refractivity contribution is 0.00564. The van der Waals surface area contributed by atoms with Crippen LogP contribution >= 0.6 is 0 Å². The Kier molecular flexibility index (Phi) is 7.05. The van der Waals surface area contributed by atoms with Crippen molar-refractivity contribution in [1.82, 2.24) is 0 Å². The molecule has 0 aliphatic heterocycles. The summed E-state index contributed by atoms with van der Waals surface area (Å²) in [5.74, 6) is -0.423. The molecule has 0 aliphatic rings. The number of benzene rings is 1. The molecule has 1 aromatic carbocycles. The molecule has 0 aliphatic carbocycles. The van der Waals surface area contributed by atoms with E-state index in [0.29, 0.717) is 11.1 Å². The number of hydrogen-bond acceptors (Lipinski definition) is 6. The SMILES string of the molecule is COCc1c(C)c(C)c(C)c(OC(=O)OC(C)(C)C)c1C(=O)OC(C)(C)C. The Hall–Kier alpha value is -2.08. The van der Waals surface area contributed by atoms with Gasteiger partial charge in [0.15, 0.2) is 5.75 Å². The third-order valence-electron chi connectivity index (χ3n) is 3.91. The third-order valence-corrected chi connectivity index (χ3v) is 3.91. The van der Waals surface area contributed by atoms with Gasteiger partial charge in [-0.3, -0.25) is 0 Å². The van der Waals surface area contributed by atoms with Crippen LogP contribution in [0.25, 0.3) is 0 Å². The van der Waals surface area contributed by atoms with Crippen LogP contribution in [0.4, 0.5) is 4.79 Å². The number of carbonyl (C=O) groups excluding carboxylic acids is 2. The van der Waals surface area contributed by atoms with E-state index in [-0.39, 0.29) is 17.9 Å². The monoisotopic (exact) mass is 380 g/mol. The molecular formula is C21H32O6. The van der Waals surface area contributed by atoms with E-state index in [4.69, 9.17) is 18.9 Å². The molecule has 27 heavy (non-hydrogen) atoms. The second-order valence-corrected chi connectivity index (χ2v) is 8.56. The van der Waals surface area contributed by atoms with Crippen LogP contribution in [0.1, 0.15) is 74.2 Å². The van der Waals surface area contributed by atoms with Crippen LogP contribution in [0.3, 0.4) is 0 Å². The van der Waals surface area contributed by atoms with Gasteiger partial charge < -0.3 is 18.9 Å². The average Bonchev–Trinajstić information content (AvgIpc) is 2.46. The first kappa shape index (κ1) is 23.0. The molecule has 0 fully saturated rings. The highest BCUT2D eigenvalue weighted by atomic mass is 16.7. The van der Waals surface area contributed by atoms with Crippen molar-refractivity contribution in [2.24, 2.45) is 0 Å². The average molecular weight is 380 g/mol. The molecule has 0 aromatic heterocycles. The summed E-state index contributed by atoms with van der Waals surface area (Å²) in [4.78, 5) is 25.2. The van der Waals surface area contributed by atoms with Crippen molar-refractivity contribution in [3.05, 3.63) is 27.8 Å². The Labute approximate surface area is 162 Å². The van der Waals surface area contributed by atoms with Gasteiger partial charge in [-0.2, -0.15) is 0 Å². The number of hydrogen-bond donors (Lipinski definition) is 0. The lowest BCUT2D eigenvalue weighted by Crippen LogP contribution is -2.28. The first-order valence-corrected chi connectivity index (χ1v) is 8.93. The molecule has 0 unspecified atom stereocenters. The summed E-state index contributed by atoms with van der Waals surface area (Å²) in [5.41, 5.74) is 1.90. The maximum atomic E-state index is 12.9. The van der Waals surface area contributed by atoms with Gasteiger partial charge in [0.1, 0.15) is 16.8 Å². The van der Waals surface area contributed by atoms with Gasteiger partial charge in [0, 0.05) is 7.11 Å². The maximum absolute atomic E-state index is 12.9. The highest BCUT2D eigenvalue weighted by molar-refractivity contribution is 5.96. The fraction of sp³-hybridized carbons (Fsp3) is 0.619. The molecule has 0 bridgehead atoms. The van der Waals surface area contributed by atoms with Crippen LogP contribution in [-0.4, -0.2) is 30.4 Å². The van der Waals surface area contributed by atoms with Crippen molar-refractivity contribution < 1.29 is 28.5 Å². The summed E-state index contributed by atoms with van der Waals surface area (Å²) in [6.45, 7) is 16.4. The lowest BCUT2D eigenvalue weighted by Gasteiger charge is -2.25. The second-order valence-electron chi connectivity index (χ2n) is 8.56. The zero-order valence-corrected chi connectivity index (χ0v) is 18.2. The molecule has 1 rings (SSSR count). The fourth-order valence-corrected chi connectivity index (χ4v) is 2.54. The highest BCUT2D eigenvalue weighted by Crippen LogP contribution is 2.35. The second kappa shape index (κ2) is 8.30. The molecule has 0 N–H and O–H groups in total. The van der Waals surface area contributed by atoms with Gasteiger partial charge in [0.2, 0.25) is 0 Å². The van der Waals surface area contributed by atoms with E-state index in [1.54, 1.807) is 55.6 Å². The van der Waals surface area contributed by atoms with Crippen LogP contribution in [-0.2, 0) is 20.8 Å². The predicted molar refractivity (Wildman–Crippen MR) is 103 cm³/mol. The van der Waals surface area contributed by atoms with Gasteiger partial charge in [-0.25, -0.2) is 9.59 Å². The van der Waals surface area contributed by atoms with E-state index in [9.17, 15) is 9.59 Å². The number of methoxy groups -OCH3 is 1. The Morgan fingerprint density at radius 1 is 0.815 bits per heavy atom. The molecule has 1 aromatic rings. The van der Waals surface area contributed by atoms with E-state index < -0.39 is 23.3 Å². The van der Waals surface area contributed by atoms with Gasteiger partial charge in [0.25, 0.3) is 0 Å². The van der Waals surface area contributed by atoms with E-state index in [2.05, 4.69) is 0 Å². The largest absolute Gasteiger partial charge is 0.514 e. The third kappa shape index (κ3) is 6.24. The summed E-state index contributed by atoms with van der Waals surface area (Å²) < 4.78 is 21.6. The number of rotatable bonds is 4. The van der Waals surface area contributed by atoms with Crippen LogP contribution in [0, 0.1) is 20.8 Å². The molecule has 0 amide bonds. The number of carbonyl (C=O) groups is 2. The number of esters is 1. The zero-order valence-electron chi connectivity index (χ0n) is 18.2. The lowest BCUT2D eigenvalue weighted by atomic mass is 9.92. The normalized spacial score (nSPS) is 11.9. The van der Waals surface area contributed by atoms with E-state index in [1.807, 2.05) is 13.8 Å². The van der Waals surface area contributed by atoms with E-state index in [0.717, 1.165) is 11.1 Å². The van der Waals surface area contributed by atoms with E-state index in [1.165, 1.54) is 0 Å². The van der Waals surface area contributed by atoms with Crippen molar-refractivity contribution >= 4 is 12.1 Å². The molecule has 0 atom stereocenters. The Morgan fingerprint density at radius 2 is 1.33 bits per heavy atom. The van der Waals surface area contributed by atoms with Gasteiger partial charge in [-0.1, -0.05) is 0 Å². The first-order chi connectivity index (χ1) is 12.2. The summed E-state index contributed by atoms with van der Waals surface area (Å²) >= 11 is 0. The highest BCUT2D eigenvalue weighted by Gasteiger charge is 2.30. The predicted octanol–water partition coefficient (Wildman–Crippen LogP) is 5.03. The Bertz CT molecular complexity index is 720. The molecule has 0 heterocycles. The van der Waals surface area contributed by atoms with Crippen molar-refractivity contribution in [3.63, 3.8) is 0 Å². The molecule has 6 heteroatoms. The maximum Gasteiger partial charge on any atom is 0.514 e. The van der Waals surface area contributed by atoms with Crippen molar-refractivity contribution in [2.75, 3.05) is 7.11 Å². The Balaban J connectivity index is 3.58. The molecule has 0 saturated heterocycles. The van der Waals surface area contributed by atoms with E-state index >= 15 is 0 Å². The van der Waals surface area contributed by atoms with Crippen LogP contribution in [0.15, 0.2) is 0 Å². The van der Waals surface area contributed by atoms with Gasteiger partial charge in [0.05, 0.1) is 6.61 Å². The van der Waals surface area contributed by atoms with Gasteiger partial charge in [-0.15, -0.1) is 0 Å². The minimum Gasteiger partial charge on any atom is -0.456 e. The minimum absolute atomic E-state index is 0.147. The van der Waals surface area contributed by atoms with Gasteiger partial charge >= 0.3 is 12.1 Å². The summed E-state index contributed by atoms with van der Waals surface area (Å²) in [6, 6.07) is 0. The van der Waals surface area contributed by atoms with Crippen LogP contribution < -0.4 is 4.74 Å². The molecule has 152 valence electrons. The molecule has 6 nitrogen and oxygen atoms in total. The summed E-state index contributed by atoms with van der Waals surface area (Å²) in [6.07, 6.45) is -0.873. The number of ether oxygens (including phenoxy) is 4. The quantitative estimate of drug-likeness (QED) is 0.539. The van der Waals surface area contributed by atoms with Crippen molar-refractivity contribution in [1.29, 1.82) is 0 Å². The molecule has 0 radical (unpaired) electrons. The van der Waals surface area contributed by atoms with Crippen LogP contribution in [0.5, 0.6) is 5.75 Å². The minimum atomic E-state index is -0.873. The first-order valence-electron chi connectivity index (χ1n) is 8.93. The van der Waals surface area contributed by atoms with Gasteiger partial charge in [-0.05, 0) is 84.6 Å². The molecular weight excluding hydrogens is 348 g/mol. The smallest absolute Gasteiger partial charge is 0.456 e. The summed E-state index contributed by atoms with van der Waals surface area (Å²) in [7, 11) is 1.54. The summed E-state index contributed by atoms with van der Waals surface area (Å²) in [5, 5.41) is 0. The van der Waals surface area contributed by atoms with Crippen molar-refractivity contribution in [2.45, 2.75) is 80.1 Å². The molecule has 0 saturated carbocycles.